The van der Waals surface area contributed by atoms with E-state index in [-0.39, 0.29) is 38.8 Å². The van der Waals surface area contributed by atoms with Gasteiger partial charge in [0.05, 0.1) is 36.3 Å². The van der Waals surface area contributed by atoms with E-state index in [4.69, 9.17) is 18.9 Å². The second-order valence-corrected chi connectivity index (χ2v) is 21.8. The van der Waals surface area contributed by atoms with Gasteiger partial charge in [0.15, 0.2) is 11.5 Å². The number of urea groups is 1. The van der Waals surface area contributed by atoms with Gasteiger partial charge in [0.1, 0.15) is 35.5 Å². The van der Waals surface area contributed by atoms with E-state index in [0.717, 1.165) is 47.3 Å². The zero-order valence-corrected chi connectivity index (χ0v) is 44.7. The summed E-state index contributed by atoms with van der Waals surface area (Å²) in [5.74, 6) is 5.10. The van der Waals surface area contributed by atoms with E-state index in [1.54, 1.807) is 35.2 Å². The summed E-state index contributed by atoms with van der Waals surface area (Å²) >= 11 is 0. The Morgan fingerprint density at radius 3 is 2.12 bits per heavy atom. The number of imide groups is 1. The lowest BCUT2D eigenvalue weighted by Crippen LogP contribution is -2.59. The largest absolute Gasteiger partial charge is 0.491 e. The Bertz CT molecular complexity index is 3320. The number of morpholine rings is 1. The van der Waals surface area contributed by atoms with Crippen molar-refractivity contribution in [3.05, 3.63) is 191 Å². The van der Waals surface area contributed by atoms with Crippen molar-refractivity contribution in [2.24, 2.45) is 5.92 Å². The van der Waals surface area contributed by atoms with Crippen LogP contribution < -0.4 is 24.4 Å². The van der Waals surface area contributed by atoms with Crippen LogP contribution in [-0.4, -0.2) is 107 Å². The summed E-state index contributed by atoms with van der Waals surface area (Å²) in [6, 6.07) is 42.5. The van der Waals surface area contributed by atoms with Crippen molar-refractivity contribution >= 4 is 29.5 Å². The van der Waals surface area contributed by atoms with E-state index in [9.17, 15) is 10.2 Å². The zero-order valence-electron chi connectivity index (χ0n) is 44.7. The van der Waals surface area contributed by atoms with Crippen LogP contribution in [0.25, 0.3) is 0 Å². The van der Waals surface area contributed by atoms with Crippen molar-refractivity contribution < 1.29 is 48.3 Å². The zero-order chi connectivity index (χ0) is 55.0. The Labute approximate surface area is 466 Å². The number of amides is 4. The third-order valence-electron chi connectivity index (χ3n) is 17.0. The molecule has 1 spiro atoms. The van der Waals surface area contributed by atoms with E-state index >= 15 is 19.2 Å². The van der Waals surface area contributed by atoms with Crippen LogP contribution in [0.2, 0.25) is 0 Å². The minimum absolute atomic E-state index is 0.0401. The van der Waals surface area contributed by atoms with Gasteiger partial charge in [-0.25, -0.2) is 9.69 Å². The molecule has 6 aliphatic rings. The molecule has 6 aromatic rings. The molecule has 1 saturated carbocycles. The van der Waals surface area contributed by atoms with Crippen molar-refractivity contribution in [1.29, 1.82) is 0 Å². The number of ether oxygens (including phenoxy) is 4. The Balaban J connectivity index is 1.06. The van der Waals surface area contributed by atoms with Crippen molar-refractivity contribution in [1.82, 2.24) is 20.0 Å². The smallest absolute Gasteiger partial charge is 0.329 e. The van der Waals surface area contributed by atoms with Crippen molar-refractivity contribution in [3.63, 3.8) is 0 Å². The molecule has 3 N–H and O–H groups in total. The molecule has 0 unspecified atom stereocenters. The highest BCUT2D eigenvalue weighted by Crippen LogP contribution is 2.66. The number of nitrogens with one attached hydrogen (secondary N) is 1. The van der Waals surface area contributed by atoms with Crippen LogP contribution in [0.15, 0.2) is 152 Å². The lowest BCUT2D eigenvalue weighted by molar-refractivity contribution is -0.179. The van der Waals surface area contributed by atoms with Gasteiger partial charge in [0.25, 0.3) is 0 Å². The number of cyclic esters (lactones) is 1. The number of benzene rings is 6. The molecular formula is C65H65N5O10. The normalized spacial score (nSPS) is 24.5. The van der Waals surface area contributed by atoms with Crippen molar-refractivity contribution in [3.8, 4) is 29.1 Å². The molecule has 0 bridgehead atoms. The Morgan fingerprint density at radius 2 is 1.43 bits per heavy atom. The van der Waals surface area contributed by atoms with Crippen molar-refractivity contribution in [2.45, 2.75) is 93.3 Å². The number of piperazine rings is 1. The molecule has 15 heteroatoms. The molecule has 4 fully saturated rings. The summed E-state index contributed by atoms with van der Waals surface area (Å²) < 4.78 is 23.9. The van der Waals surface area contributed by atoms with Crippen LogP contribution in [0.5, 0.6) is 17.2 Å². The number of anilines is 1. The van der Waals surface area contributed by atoms with E-state index in [1.807, 2.05) is 133 Å². The molecule has 4 amide bonds. The van der Waals surface area contributed by atoms with Gasteiger partial charge < -0.3 is 39.4 Å². The topological polar surface area (TPSA) is 171 Å². The van der Waals surface area contributed by atoms with E-state index in [1.165, 1.54) is 0 Å². The maximum atomic E-state index is 17.1. The number of esters is 1. The minimum atomic E-state index is -2.02. The fourth-order valence-electron chi connectivity index (χ4n) is 13.2. The fraction of sp³-hybridized carbons (Fsp3) is 0.354. The first kappa shape index (κ1) is 52.7. The van der Waals surface area contributed by atoms with E-state index in [0.29, 0.717) is 72.0 Å². The summed E-state index contributed by atoms with van der Waals surface area (Å²) in [7, 11) is 0. The van der Waals surface area contributed by atoms with E-state index < -0.39 is 71.0 Å². The molecule has 1 aliphatic carbocycles. The first-order valence-electron chi connectivity index (χ1n) is 28.0. The predicted octanol–water partition coefficient (Wildman–Crippen LogP) is 8.70. The Kier molecular flexibility index (Phi) is 14.7. The monoisotopic (exact) mass is 1080 g/mol. The molecule has 5 heterocycles. The molecule has 0 radical (unpaired) electrons. The molecule has 12 rings (SSSR count). The number of hydrogen-bond acceptors (Lipinski definition) is 12. The summed E-state index contributed by atoms with van der Waals surface area (Å²) in [5, 5.41) is 24.8. The van der Waals surface area contributed by atoms with E-state index in [2.05, 4.69) is 22.1 Å². The fourth-order valence-corrected chi connectivity index (χ4v) is 13.2. The molecule has 80 heavy (non-hydrogen) atoms. The highest BCUT2D eigenvalue weighted by molar-refractivity contribution is 6.24. The second kappa shape index (κ2) is 22.3. The standard InChI is InChI=1S/C65H65N5O10/c1-43(46-15-7-4-8-16-46)66-63(75)69-52-27-21-44(29-32-64(76)30-13-2-3-14-31-64)39-51(52)65(62(69)74)55(60(72)68-35-33-67(34-36-68)41-45-22-28-53-54(40-45)79-42-78-53)57-61(73)80-58(48-19-11-6-12-20-48)56(47-17-9-5-10-18-47)70(57)59(65)49-23-25-50(26-24-49)77-38-37-71/h4-12,15-28,39-40,43,55-59,71,76H,2-3,13-14,30-31,33-38,41-42H2,1H3,(H,66,75)/t43-,55+,56+,57+,58-,59-,65+/m1/s1. The van der Waals surface area contributed by atoms with Gasteiger partial charge in [0, 0.05) is 38.3 Å². The van der Waals surface area contributed by atoms with Crippen LogP contribution >= 0.6 is 0 Å². The lowest BCUT2D eigenvalue weighted by Gasteiger charge is -2.46. The van der Waals surface area contributed by atoms with Crippen molar-refractivity contribution in [2.75, 3.05) is 51.1 Å². The lowest BCUT2D eigenvalue weighted by atomic mass is 9.64. The molecular weight excluding hydrogens is 1010 g/mol. The Hall–Kier alpha value is -8.00. The maximum Gasteiger partial charge on any atom is 0.329 e. The molecule has 3 saturated heterocycles. The van der Waals surface area contributed by atoms with Gasteiger partial charge in [-0.1, -0.05) is 134 Å². The quantitative estimate of drug-likeness (QED) is 0.0642. The minimum Gasteiger partial charge on any atom is -0.491 e. The number of rotatable bonds is 11. The van der Waals surface area contributed by atoms with Gasteiger partial charge in [-0.3, -0.25) is 24.2 Å². The van der Waals surface area contributed by atoms with Gasteiger partial charge in [-0.2, -0.15) is 0 Å². The summed E-state index contributed by atoms with van der Waals surface area (Å²) in [6.07, 6.45) is 3.80. The Morgan fingerprint density at radius 1 is 0.750 bits per heavy atom. The van der Waals surface area contributed by atoms with Gasteiger partial charge in [0.2, 0.25) is 18.6 Å². The maximum absolute atomic E-state index is 17.1. The van der Waals surface area contributed by atoms with Crippen LogP contribution in [-0.2, 0) is 31.1 Å². The highest BCUT2D eigenvalue weighted by Gasteiger charge is 2.76. The predicted molar refractivity (Wildman–Crippen MR) is 298 cm³/mol. The number of carbonyl (C=O) groups is 4. The third-order valence-corrected chi connectivity index (χ3v) is 17.0. The first-order chi connectivity index (χ1) is 39.0. The molecule has 7 atom stereocenters. The number of aliphatic hydroxyl groups excluding tert-OH is 1. The number of nitrogens with zero attached hydrogens (tertiary/aromatic N) is 4. The first-order valence-corrected chi connectivity index (χ1v) is 28.0. The second-order valence-electron chi connectivity index (χ2n) is 21.8. The number of carbonyl (C=O) groups excluding carboxylic acids is 4. The van der Waals surface area contributed by atoms with Gasteiger partial charge in [-0.05, 0) is 108 Å². The van der Waals surface area contributed by atoms with Gasteiger partial charge >= 0.3 is 12.0 Å². The average molecular weight is 1080 g/mol. The summed E-state index contributed by atoms with van der Waals surface area (Å²) in [4.78, 5) is 72.2. The number of hydrogen-bond donors (Lipinski definition) is 3. The van der Waals surface area contributed by atoms with Gasteiger partial charge in [-0.15, -0.1) is 0 Å². The molecule has 0 aromatic heterocycles. The highest BCUT2D eigenvalue weighted by atomic mass is 16.7. The van der Waals surface area contributed by atoms with Crippen LogP contribution in [0.4, 0.5) is 10.5 Å². The third kappa shape index (κ3) is 9.74. The summed E-state index contributed by atoms with van der Waals surface area (Å²) in [5.41, 5.74) is 1.71. The molecule has 15 nitrogen and oxygen atoms in total. The van der Waals surface area contributed by atoms with Crippen LogP contribution in [0.1, 0.15) is 109 Å². The SMILES string of the molecule is C[C@@H](NC(=O)N1C(=O)[C@@]2(c3cc(C#CC4(O)CCCCCC4)ccc31)[C@H](C(=O)N1CCN(Cc3ccc4c(c3)OCO4)CC1)[C@H]1C(=O)O[C@H](c3ccccc3)[C@H](c3ccccc3)N1[C@@H]2c1ccc(OCCO)cc1)c1ccccc1. The number of aliphatic hydroxyl groups is 2. The summed E-state index contributed by atoms with van der Waals surface area (Å²) in [6.45, 7) is 3.95. The van der Waals surface area contributed by atoms with Crippen LogP contribution in [0.3, 0.4) is 0 Å². The molecule has 5 aliphatic heterocycles. The molecule has 410 valence electrons. The van der Waals surface area contributed by atoms with Crippen LogP contribution in [0, 0.1) is 17.8 Å². The average Bonchev–Trinajstić information content (AvgIpc) is 4.25. The number of fused-ring (bicyclic) bond motifs is 4. The molecule has 6 aromatic carbocycles.